The molecule has 4 aromatic rings. The van der Waals surface area contributed by atoms with Gasteiger partial charge in [-0.2, -0.15) is 0 Å². The van der Waals surface area contributed by atoms with Gasteiger partial charge in [0, 0.05) is 30.2 Å². The number of nitrogen functional groups attached to an aromatic ring is 1. The Hall–Kier alpha value is -4.46. The predicted molar refractivity (Wildman–Crippen MR) is 131 cm³/mol. The molecule has 2 aromatic carbocycles. The number of methoxy groups -OCH3 is 1. The summed E-state index contributed by atoms with van der Waals surface area (Å²) in [5.74, 6) is 1.76. The fourth-order valence-corrected chi connectivity index (χ4v) is 3.80. The minimum Gasteiger partial charge on any atom is -0.497 e. The van der Waals surface area contributed by atoms with Gasteiger partial charge in [-0.25, -0.2) is 15.0 Å². The van der Waals surface area contributed by atoms with Crippen molar-refractivity contribution in [2.75, 3.05) is 23.5 Å². The molecule has 2 aromatic heterocycles. The molecule has 1 unspecified atom stereocenters. The van der Waals surface area contributed by atoms with Crippen LogP contribution < -0.4 is 21.1 Å². The number of anilines is 4. The first-order valence-corrected chi connectivity index (χ1v) is 10.6. The zero-order chi connectivity index (χ0) is 22.6. The third-order valence-corrected chi connectivity index (χ3v) is 5.49. The molecule has 164 valence electrons. The number of hydrogen-bond donors (Lipinski definition) is 3. The summed E-state index contributed by atoms with van der Waals surface area (Å²) in [5.41, 5.74) is 11.6. The number of hydrogen-bond acceptors (Lipinski definition) is 8. The standard InChI is InChI=1S/C25H23N7O/c1-33-20-7-5-16(6-8-20)21-14-22(31-23-24(26)28-15-29-25(23)32-21)17-3-2-4-19(13-17)30-18-9-11-27-12-10-18/h2-13,15,21H,14H2,1H3,(H,27,30)(H3,26,28,29,32). The monoisotopic (exact) mass is 437 g/mol. The molecule has 0 amide bonds. The van der Waals surface area contributed by atoms with Crippen LogP contribution in [0, 0.1) is 0 Å². The van der Waals surface area contributed by atoms with Gasteiger partial charge >= 0.3 is 0 Å². The average Bonchev–Trinajstić information content (AvgIpc) is 3.06. The van der Waals surface area contributed by atoms with Gasteiger partial charge < -0.3 is 21.1 Å². The summed E-state index contributed by atoms with van der Waals surface area (Å²) in [6.45, 7) is 0. The van der Waals surface area contributed by atoms with E-state index in [1.807, 2.05) is 54.6 Å². The minimum absolute atomic E-state index is 0.0537. The molecule has 1 aliphatic heterocycles. The SMILES string of the molecule is COc1ccc(C2CC(c3cccc(Nc4ccncc4)c3)=Nc3c(N)ncnc3N2)cc1. The normalized spacial score (nSPS) is 14.9. The number of nitrogens with zero attached hydrogens (tertiary/aromatic N) is 4. The van der Waals surface area contributed by atoms with Gasteiger partial charge in [-0.05, 0) is 47.5 Å². The number of rotatable bonds is 5. The summed E-state index contributed by atoms with van der Waals surface area (Å²) in [6, 6.07) is 19.9. The van der Waals surface area contributed by atoms with Crippen molar-refractivity contribution in [2.45, 2.75) is 12.5 Å². The van der Waals surface area contributed by atoms with Gasteiger partial charge in [0.05, 0.1) is 18.9 Å². The number of aliphatic imine (C=N–C) groups is 1. The Kier molecular flexibility index (Phi) is 5.55. The number of nitrogens with two attached hydrogens (primary N) is 1. The van der Waals surface area contributed by atoms with Gasteiger partial charge in [-0.1, -0.05) is 24.3 Å². The van der Waals surface area contributed by atoms with Crippen molar-refractivity contribution in [1.82, 2.24) is 15.0 Å². The molecule has 0 radical (unpaired) electrons. The molecule has 33 heavy (non-hydrogen) atoms. The van der Waals surface area contributed by atoms with Crippen molar-refractivity contribution in [2.24, 2.45) is 4.99 Å². The molecule has 8 heteroatoms. The second-order valence-electron chi connectivity index (χ2n) is 7.63. The fraction of sp³-hybridized carbons (Fsp3) is 0.120. The smallest absolute Gasteiger partial charge is 0.158 e. The van der Waals surface area contributed by atoms with Crippen LogP contribution in [0.5, 0.6) is 5.75 Å². The quantitative estimate of drug-likeness (QED) is 0.408. The first-order valence-electron chi connectivity index (χ1n) is 10.6. The van der Waals surface area contributed by atoms with E-state index in [0.29, 0.717) is 23.7 Å². The first kappa shape index (κ1) is 20.4. The number of fused-ring (bicyclic) bond motifs is 1. The number of nitrogens with one attached hydrogen (secondary N) is 2. The first-order chi connectivity index (χ1) is 16.2. The molecule has 0 fully saturated rings. The van der Waals surface area contributed by atoms with E-state index in [1.54, 1.807) is 19.5 Å². The van der Waals surface area contributed by atoms with Gasteiger partial charge in [-0.15, -0.1) is 0 Å². The minimum atomic E-state index is -0.0537. The van der Waals surface area contributed by atoms with E-state index in [1.165, 1.54) is 6.33 Å². The lowest BCUT2D eigenvalue weighted by molar-refractivity contribution is 0.414. The molecule has 1 atom stereocenters. The van der Waals surface area contributed by atoms with Crippen LogP contribution in [0.4, 0.5) is 28.7 Å². The van der Waals surface area contributed by atoms with E-state index in [2.05, 4.69) is 31.7 Å². The van der Waals surface area contributed by atoms with Crippen molar-refractivity contribution >= 4 is 34.4 Å². The summed E-state index contributed by atoms with van der Waals surface area (Å²) >= 11 is 0. The van der Waals surface area contributed by atoms with Gasteiger partial charge in [0.1, 0.15) is 17.8 Å². The van der Waals surface area contributed by atoms with E-state index in [4.69, 9.17) is 15.5 Å². The van der Waals surface area contributed by atoms with Crippen molar-refractivity contribution in [3.05, 3.63) is 90.5 Å². The van der Waals surface area contributed by atoms with Crippen LogP contribution in [-0.4, -0.2) is 27.8 Å². The summed E-state index contributed by atoms with van der Waals surface area (Å²) < 4.78 is 5.31. The second-order valence-corrected chi connectivity index (χ2v) is 7.63. The number of ether oxygens (including phenoxy) is 1. The van der Waals surface area contributed by atoms with E-state index >= 15 is 0 Å². The maximum Gasteiger partial charge on any atom is 0.158 e. The maximum absolute atomic E-state index is 6.17. The molecule has 5 rings (SSSR count). The lowest BCUT2D eigenvalue weighted by atomic mass is 9.97. The van der Waals surface area contributed by atoms with Crippen LogP contribution in [0.2, 0.25) is 0 Å². The molecule has 0 spiro atoms. The molecule has 0 aliphatic carbocycles. The van der Waals surface area contributed by atoms with Gasteiger partial charge in [0.15, 0.2) is 11.6 Å². The zero-order valence-corrected chi connectivity index (χ0v) is 18.1. The van der Waals surface area contributed by atoms with Crippen LogP contribution in [0.1, 0.15) is 23.6 Å². The number of benzene rings is 2. The van der Waals surface area contributed by atoms with Crippen LogP contribution in [0.3, 0.4) is 0 Å². The van der Waals surface area contributed by atoms with E-state index < -0.39 is 0 Å². The molecule has 0 saturated heterocycles. The van der Waals surface area contributed by atoms with Gasteiger partial charge in [-0.3, -0.25) is 4.98 Å². The highest BCUT2D eigenvalue weighted by atomic mass is 16.5. The van der Waals surface area contributed by atoms with Crippen molar-refractivity contribution < 1.29 is 4.74 Å². The topological polar surface area (TPSA) is 110 Å². The molecular formula is C25H23N7O. The predicted octanol–water partition coefficient (Wildman–Crippen LogP) is 4.88. The van der Waals surface area contributed by atoms with Crippen molar-refractivity contribution in [3.63, 3.8) is 0 Å². The zero-order valence-electron chi connectivity index (χ0n) is 18.1. The number of aromatic nitrogens is 3. The Morgan fingerprint density at radius 2 is 1.82 bits per heavy atom. The largest absolute Gasteiger partial charge is 0.497 e. The Labute approximate surface area is 191 Å². The Morgan fingerprint density at radius 1 is 1.00 bits per heavy atom. The molecule has 8 nitrogen and oxygen atoms in total. The second kappa shape index (κ2) is 8.96. The van der Waals surface area contributed by atoms with Crippen LogP contribution in [0.15, 0.2) is 84.4 Å². The van der Waals surface area contributed by atoms with Crippen LogP contribution in [0.25, 0.3) is 0 Å². The van der Waals surface area contributed by atoms with Crippen molar-refractivity contribution in [3.8, 4) is 5.75 Å². The van der Waals surface area contributed by atoms with E-state index in [-0.39, 0.29) is 6.04 Å². The van der Waals surface area contributed by atoms with E-state index in [0.717, 1.165) is 34.0 Å². The fourth-order valence-electron chi connectivity index (χ4n) is 3.80. The maximum atomic E-state index is 6.17. The third-order valence-electron chi connectivity index (χ3n) is 5.49. The van der Waals surface area contributed by atoms with Crippen molar-refractivity contribution in [1.29, 1.82) is 0 Å². The summed E-state index contributed by atoms with van der Waals surface area (Å²) in [5, 5.41) is 6.91. The molecule has 1 aliphatic rings. The highest BCUT2D eigenvalue weighted by molar-refractivity contribution is 6.05. The highest BCUT2D eigenvalue weighted by Gasteiger charge is 2.23. The average molecular weight is 438 g/mol. The molecule has 4 N–H and O–H groups in total. The molecular weight excluding hydrogens is 414 g/mol. The number of pyridine rings is 1. The van der Waals surface area contributed by atoms with Gasteiger partial charge in [0.25, 0.3) is 0 Å². The van der Waals surface area contributed by atoms with Crippen LogP contribution in [-0.2, 0) is 0 Å². The highest BCUT2D eigenvalue weighted by Crippen LogP contribution is 2.37. The van der Waals surface area contributed by atoms with Crippen LogP contribution >= 0.6 is 0 Å². The lowest BCUT2D eigenvalue weighted by Gasteiger charge is -2.19. The Bertz CT molecular complexity index is 1290. The van der Waals surface area contributed by atoms with E-state index in [9.17, 15) is 0 Å². The summed E-state index contributed by atoms with van der Waals surface area (Å²) in [4.78, 5) is 17.5. The summed E-state index contributed by atoms with van der Waals surface area (Å²) in [6.07, 6.45) is 5.60. The molecule has 0 bridgehead atoms. The Balaban J connectivity index is 1.53. The van der Waals surface area contributed by atoms with Gasteiger partial charge in [0.2, 0.25) is 0 Å². The molecule has 3 heterocycles. The lowest BCUT2D eigenvalue weighted by Crippen LogP contribution is -2.15. The Morgan fingerprint density at radius 3 is 2.61 bits per heavy atom. The third kappa shape index (κ3) is 4.45. The molecule has 0 saturated carbocycles. The summed E-state index contributed by atoms with van der Waals surface area (Å²) in [7, 11) is 1.66.